The number of nitrogens with zero attached hydrogens (tertiary/aromatic N) is 1. The van der Waals surface area contributed by atoms with Gasteiger partial charge in [0, 0.05) is 18.6 Å². The van der Waals surface area contributed by atoms with Crippen LogP contribution in [0.25, 0.3) is 0 Å². The lowest BCUT2D eigenvalue weighted by Gasteiger charge is -2.17. The molecule has 0 atom stereocenters. The van der Waals surface area contributed by atoms with E-state index in [-0.39, 0.29) is 5.75 Å². The second-order valence-corrected chi connectivity index (χ2v) is 7.64. The third-order valence-electron chi connectivity index (χ3n) is 3.26. The van der Waals surface area contributed by atoms with E-state index in [1.54, 1.807) is 19.2 Å². The van der Waals surface area contributed by atoms with Gasteiger partial charge in [0.2, 0.25) is 10.0 Å². The Morgan fingerprint density at radius 3 is 2.05 bits per heavy atom. The molecule has 0 spiro atoms. The van der Waals surface area contributed by atoms with Gasteiger partial charge in [-0.05, 0) is 30.2 Å². The van der Waals surface area contributed by atoms with Crippen LogP contribution in [0.3, 0.4) is 0 Å². The van der Waals surface area contributed by atoms with Crippen molar-refractivity contribution in [1.82, 2.24) is 4.31 Å². The van der Waals surface area contributed by atoms with Crippen molar-refractivity contribution in [2.75, 3.05) is 7.05 Å². The lowest BCUT2D eigenvalue weighted by molar-refractivity contribution is 0.466. The van der Waals surface area contributed by atoms with E-state index in [0.29, 0.717) is 11.6 Å². The van der Waals surface area contributed by atoms with Crippen molar-refractivity contribution >= 4 is 21.6 Å². The average molecular weight is 324 g/mol. The van der Waals surface area contributed by atoms with Gasteiger partial charge in [0.1, 0.15) is 0 Å². The largest absolute Gasteiger partial charge is 0.218 e. The summed E-state index contributed by atoms with van der Waals surface area (Å²) in [5.41, 5.74) is 2.82. The maximum atomic E-state index is 12.4. The van der Waals surface area contributed by atoms with Gasteiger partial charge < -0.3 is 0 Å². The van der Waals surface area contributed by atoms with E-state index in [2.05, 4.69) is 0 Å². The van der Waals surface area contributed by atoms with Crippen LogP contribution in [-0.2, 0) is 22.3 Å². The molecule has 0 saturated carbocycles. The molecular weight excluding hydrogens is 306 g/mol. The summed E-state index contributed by atoms with van der Waals surface area (Å²) in [5, 5.41) is 0.643. The van der Waals surface area contributed by atoms with Crippen molar-refractivity contribution in [2.45, 2.75) is 19.2 Å². The number of hydrogen-bond donors (Lipinski definition) is 0. The SMILES string of the molecule is Cc1ccc(CS(=O)(=O)N(C)Cc2ccc(Cl)cc2)cc1. The van der Waals surface area contributed by atoms with Crippen LogP contribution in [0.4, 0.5) is 0 Å². The van der Waals surface area contributed by atoms with Gasteiger partial charge in [0.25, 0.3) is 0 Å². The van der Waals surface area contributed by atoms with Crippen LogP contribution in [0.2, 0.25) is 5.02 Å². The molecular formula is C16H18ClNO2S. The minimum atomic E-state index is -3.33. The maximum Gasteiger partial charge on any atom is 0.218 e. The highest BCUT2D eigenvalue weighted by Gasteiger charge is 2.18. The molecule has 0 aromatic heterocycles. The lowest BCUT2D eigenvalue weighted by Crippen LogP contribution is -2.27. The predicted molar refractivity (Wildman–Crippen MR) is 86.7 cm³/mol. The summed E-state index contributed by atoms with van der Waals surface area (Å²) in [6.07, 6.45) is 0. The number of rotatable bonds is 5. The number of sulfonamides is 1. The normalized spacial score (nSPS) is 11.8. The van der Waals surface area contributed by atoms with Crippen LogP contribution in [0, 0.1) is 6.92 Å². The molecule has 0 aliphatic carbocycles. The highest BCUT2D eigenvalue weighted by atomic mass is 35.5. The number of aryl methyl sites for hydroxylation is 1. The topological polar surface area (TPSA) is 37.4 Å². The summed E-state index contributed by atoms with van der Waals surface area (Å²) in [4.78, 5) is 0. The fraction of sp³-hybridized carbons (Fsp3) is 0.250. The number of hydrogen-bond acceptors (Lipinski definition) is 2. The van der Waals surface area contributed by atoms with Crippen molar-refractivity contribution < 1.29 is 8.42 Å². The molecule has 0 radical (unpaired) electrons. The lowest BCUT2D eigenvalue weighted by atomic mass is 10.2. The quantitative estimate of drug-likeness (QED) is 0.843. The second-order valence-electron chi connectivity index (χ2n) is 5.12. The zero-order valence-electron chi connectivity index (χ0n) is 12.1. The highest BCUT2D eigenvalue weighted by molar-refractivity contribution is 7.88. The fourth-order valence-corrected chi connectivity index (χ4v) is 3.26. The Kier molecular flexibility index (Phi) is 5.04. The molecule has 0 N–H and O–H groups in total. The van der Waals surface area contributed by atoms with Crippen molar-refractivity contribution in [1.29, 1.82) is 0 Å². The first-order chi connectivity index (χ1) is 9.87. The van der Waals surface area contributed by atoms with Crippen LogP contribution in [-0.4, -0.2) is 19.8 Å². The zero-order chi connectivity index (χ0) is 15.5. The Morgan fingerprint density at radius 2 is 1.48 bits per heavy atom. The molecule has 2 aromatic rings. The molecule has 0 aliphatic heterocycles. The van der Waals surface area contributed by atoms with Gasteiger partial charge in [-0.3, -0.25) is 0 Å². The summed E-state index contributed by atoms with van der Waals surface area (Å²) in [6.45, 7) is 2.32. The number of benzene rings is 2. The van der Waals surface area contributed by atoms with E-state index in [4.69, 9.17) is 11.6 Å². The van der Waals surface area contributed by atoms with Crippen LogP contribution < -0.4 is 0 Å². The molecule has 2 aromatic carbocycles. The Labute approximate surface area is 131 Å². The van der Waals surface area contributed by atoms with Gasteiger partial charge in [-0.15, -0.1) is 0 Å². The molecule has 3 nitrogen and oxygen atoms in total. The van der Waals surface area contributed by atoms with Crippen molar-refractivity contribution in [2.24, 2.45) is 0 Å². The van der Waals surface area contributed by atoms with Gasteiger partial charge in [0.05, 0.1) is 5.75 Å². The Hall–Kier alpha value is -1.36. The van der Waals surface area contributed by atoms with Gasteiger partial charge in [0.15, 0.2) is 0 Å². The Bertz CT molecular complexity index is 694. The molecule has 2 rings (SSSR count). The van der Waals surface area contributed by atoms with Crippen LogP contribution in [0.1, 0.15) is 16.7 Å². The molecule has 0 bridgehead atoms. The molecule has 0 aliphatic rings. The van der Waals surface area contributed by atoms with Crippen molar-refractivity contribution in [3.05, 3.63) is 70.2 Å². The standard InChI is InChI=1S/C16H18ClNO2S/c1-13-3-5-15(6-4-13)12-21(19,20)18(2)11-14-7-9-16(17)10-8-14/h3-10H,11-12H2,1-2H3. The van der Waals surface area contributed by atoms with Gasteiger partial charge in [-0.25, -0.2) is 12.7 Å². The van der Waals surface area contributed by atoms with E-state index in [1.807, 2.05) is 43.3 Å². The molecule has 5 heteroatoms. The van der Waals surface area contributed by atoms with Crippen molar-refractivity contribution in [3.8, 4) is 0 Å². The predicted octanol–water partition coefficient (Wildman–Crippen LogP) is 3.61. The molecule has 0 unspecified atom stereocenters. The third kappa shape index (κ3) is 4.56. The molecule has 0 saturated heterocycles. The highest BCUT2D eigenvalue weighted by Crippen LogP contribution is 2.15. The first-order valence-corrected chi connectivity index (χ1v) is 8.59. The minimum absolute atomic E-state index is 0.0113. The summed E-state index contributed by atoms with van der Waals surface area (Å²) in [6, 6.07) is 14.7. The van der Waals surface area contributed by atoms with E-state index in [9.17, 15) is 8.42 Å². The van der Waals surface area contributed by atoms with Crippen LogP contribution in [0.15, 0.2) is 48.5 Å². The first-order valence-electron chi connectivity index (χ1n) is 6.61. The van der Waals surface area contributed by atoms with E-state index in [0.717, 1.165) is 16.7 Å². The summed E-state index contributed by atoms with van der Waals surface area (Å²) in [5.74, 6) is 0.0113. The zero-order valence-corrected chi connectivity index (χ0v) is 13.7. The Balaban J connectivity index is 2.07. The summed E-state index contributed by atoms with van der Waals surface area (Å²) < 4.78 is 26.1. The summed E-state index contributed by atoms with van der Waals surface area (Å²) >= 11 is 5.83. The Morgan fingerprint density at radius 1 is 0.952 bits per heavy atom. The molecule has 21 heavy (non-hydrogen) atoms. The number of halogens is 1. The van der Waals surface area contributed by atoms with E-state index >= 15 is 0 Å². The average Bonchev–Trinajstić information content (AvgIpc) is 2.43. The van der Waals surface area contributed by atoms with Gasteiger partial charge >= 0.3 is 0 Å². The third-order valence-corrected chi connectivity index (χ3v) is 5.29. The second kappa shape index (κ2) is 6.60. The monoisotopic (exact) mass is 323 g/mol. The first kappa shape index (κ1) is 16.0. The summed E-state index contributed by atoms with van der Waals surface area (Å²) in [7, 11) is -1.74. The van der Waals surface area contributed by atoms with Crippen molar-refractivity contribution in [3.63, 3.8) is 0 Å². The maximum absolute atomic E-state index is 12.4. The van der Waals surface area contributed by atoms with Crippen LogP contribution >= 0.6 is 11.6 Å². The van der Waals surface area contributed by atoms with Crippen LogP contribution in [0.5, 0.6) is 0 Å². The van der Waals surface area contributed by atoms with Gasteiger partial charge in [-0.2, -0.15) is 0 Å². The van der Waals surface area contributed by atoms with E-state index < -0.39 is 10.0 Å². The molecule has 0 heterocycles. The molecule has 0 amide bonds. The minimum Gasteiger partial charge on any atom is -0.212 e. The van der Waals surface area contributed by atoms with Gasteiger partial charge in [-0.1, -0.05) is 53.6 Å². The smallest absolute Gasteiger partial charge is 0.212 e. The fourth-order valence-electron chi connectivity index (χ4n) is 1.95. The molecule has 0 fully saturated rings. The van der Waals surface area contributed by atoms with E-state index in [1.165, 1.54) is 4.31 Å². The molecule has 112 valence electrons.